The van der Waals surface area contributed by atoms with Gasteiger partial charge in [0.05, 0.1) is 6.54 Å². The van der Waals surface area contributed by atoms with Crippen LogP contribution in [0, 0.1) is 0 Å². The molecule has 0 radical (unpaired) electrons. The molecule has 0 fully saturated rings. The molecule has 0 aromatic heterocycles. The van der Waals surface area contributed by atoms with Crippen molar-refractivity contribution >= 4 is 40.6 Å². The Morgan fingerprint density at radius 3 is 2.68 bits per heavy atom. The Labute approximate surface area is 178 Å². The topological polar surface area (TPSA) is 39.7 Å². The molecule has 1 aliphatic heterocycles. The number of halogens is 1. The lowest BCUT2D eigenvalue weighted by Crippen LogP contribution is -2.44. The molecule has 3 rings (SSSR count). The van der Waals surface area contributed by atoms with Gasteiger partial charge in [0.1, 0.15) is 0 Å². The van der Waals surface area contributed by atoms with Crippen LogP contribution in [0.15, 0.2) is 53.2 Å². The summed E-state index contributed by atoms with van der Waals surface area (Å²) in [5.41, 5.74) is 2.16. The first-order valence-corrected chi connectivity index (χ1v) is 11.0. The van der Waals surface area contributed by atoms with E-state index < -0.39 is 0 Å². The first-order chi connectivity index (χ1) is 13.7. The number of hydrogen-bond acceptors (Lipinski definition) is 3. The fourth-order valence-electron chi connectivity index (χ4n) is 3.36. The molecule has 1 aromatic carbocycles. The molecule has 1 aromatic rings. The zero-order chi connectivity index (χ0) is 19.6. The summed E-state index contributed by atoms with van der Waals surface area (Å²) in [5, 5.41) is 8.17. The molecule has 0 saturated carbocycles. The highest BCUT2D eigenvalue weighted by atomic mass is 35.5. The van der Waals surface area contributed by atoms with Crippen molar-refractivity contribution in [2.75, 3.05) is 18.4 Å². The molecule has 2 N–H and O–H groups in total. The van der Waals surface area contributed by atoms with Crippen molar-refractivity contribution < 1.29 is 0 Å². The maximum absolute atomic E-state index is 6.08. The monoisotopic (exact) mass is 416 g/mol. The standard InChI is InChI=1S/C22H29ClN4S/c23-18-11-10-14-20(17-18)26-22(28)27-16-15-24-21(27)25-19-12-8-6-4-2-1-3-5-7-9-13-19/h1-2,10-11,13-14,17H,3-9,12,15-16H2,(H,24,25)(H,26,28). The van der Waals surface area contributed by atoms with Gasteiger partial charge in [0.25, 0.3) is 0 Å². The molecule has 0 amide bonds. The molecule has 4 nitrogen and oxygen atoms in total. The van der Waals surface area contributed by atoms with Crippen LogP contribution in [-0.2, 0) is 0 Å². The third kappa shape index (κ3) is 6.64. The lowest BCUT2D eigenvalue weighted by molar-refractivity contribution is 0.643. The van der Waals surface area contributed by atoms with Gasteiger partial charge in [-0.1, -0.05) is 35.9 Å². The first kappa shape index (κ1) is 20.9. The van der Waals surface area contributed by atoms with Crippen LogP contribution >= 0.6 is 23.8 Å². The van der Waals surface area contributed by atoms with Crippen LogP contribution in [0.5, 0.6) is 0 Å². The third-order valence-corrected chi connectivity index (χ3v) is 5.44. The number of hydrogen-bond donors (Lipinski definition) is 2. The Morgan fingerprint density at radius 2 is 1.86 bits per heavy atom. The van der Waals surface area contributed by atoms with Gasteiger partial charge in [-0.2, -0.15) is 0 Å². The van der Waals surface area contributed by atoms with Crippen LogP contribution in [0.3, 0.4) is 0 Å². The van der Waals surface area contributed by atoms with Crippen molar-refractivity contribution in [2.45, 2.75) is 51.4 Å². The lowest BCUT2D eigenvalue weighted by Gasteiger charge is -2.24. The molecule has 1 heterocycles. The van der Waals surface area contributed by atoms with Gasteiger partial charge in [0.15, 0.2) is 5.11 Å². The minimum absolute atomic E-state index is 0.643. The highest BCUT2D eigenvalue weighted by Crippen LogP contribution is 2.17. The Bertz CT molecular complexity index is 757. The first-order valence-electron chi connectivity index (χ1n) is 10.2. The molecule has 2 aliphatic rings. The van der Waals surface area contributed by atoms with Gasteiger partial charge in [-0.25, -0.2) is 0 Å². The number of benzene rings is 1. The predicted molar refractivity (Wildman–Crippen MR) is 124 cm³/mol. The number of nitrogens with zero attached hydrogens (tertiary/aromatic N) is 2. The van der Waals surface area contributed by atoms with Crippen molar-refractivity contribution in [3.8, 4) is 0 Å². The van der Waals surface area contributed by atoms with E-state index in [0.29, 0.717) is 10.1 Å². The highest BCUT2D eigenvalue weighted by Gasteiger charge is 2.21. The Hall–Kier alpha value is -1.85. The average molecular weight is 417 g/mol. The molecule has 28 heavy (non-hydrogen) atoms. The SMILES string of the molecule is S=C(Nc1cccc(Cl)c1)N1CCN=C1NC1=CCCCCC=CCCCC1. The molecule has 0 saturated heterocycles. The molecular weight excluding hydrogens is 388 g/mol. The van der Waals surface area contributed by atoms with E-state index in [1.807, 2.05) is 29.2 Å². The number of nitrogens with one attached hydrogen (secondary N) is 2. The summed E-state index contributed by atoms with van der Waals surface area (Å²) in [5.74, 6) is 0.845. The zero-order valence-electron chi connectivity index (χ0n) is 16.3. The van der Waals surface area contributed by atoms with Crippen LogP contribution in [0.1, 0.15) is 51.4 Å². The van der Waals surface area contributed by atoms with Crippen molar-refractivity contribution in [1.29, 1.82) is 0 Å². The second-order valence-corrected chi connectivity index (χ2v) is 7.98. The highest BCUT2D eigenvalue weighted by molar-refractivity contribution is 7.80. The van der Waals surface area contributed by atoms with Gasteiger partial charge >= 0.3 is 0 Å². The van der Waals surface area contributed by atoms with Gasteiger partial charge in [0.2, 0.25) is 5.96 Å². The molecule has 0 spiro atoms. The molecule has 0 bridgehead atoms. The minimum atomic E-state index is 0.643. The maximum Gasteiger partial charge on any atom is 0.204 e. The summed E-state index contributed by atoms with van der Waals surface area (Å²) in [6.07, 6.45) is 16.4. The zero-order valence-corrected chi connectivity index (χ0v) is 17.9. The van der Waals surface area contributed by atoms with E-state index in [1.54, 1.807) is 0 Å². The van der Waals surface area contributed by atoms with Crippen LogP contribution in [0.4, 0.5) is 5.69 Å². The summed E-state index contributed by atoms with van der Waals surface area (Å²) in [7, 11) is 0. The maximum atomic E-state index is 6.08. The number of anilines is 1. The van der Waals surface area contributed by atoms with Crippen LogP contribution < -0.4 is 10.6 Å². The van der Waals surface area contributed by atoms with Crippen LogP contribution in [0.2, 0.25) is 5.02 Å². The minimum Gasteiger partial charge on any atom is -0.332 e. The second-order valence-electron chi connectivity index (χ2n) is 7.15. The molecule has 150 valence electrons. The molecule has 1 aliphatic carbocycles. The fraction of sp³-hybridized carbons (Fsp3) is 0.455. The van der Waals surface area contributed by atoms with E-state index in [2.05, 4.69) is 33.9 Å². The van der Waals surface area contributed by atoms with E-state index >= 15 is 0 Å². The number of guanidine groups is 1. The van der Waals surface area contributed by atoms with Crippen molar-refractivity contribution in [3.05, 3.63) is 53.2 Å². The van der Waals surface area contributed by atoms with Crippen molar-refractivity contribution in [3.63, 3.8) is 0 Å². The summed E-state index contributed by atoms with van der Waals surface area (Å²) >= 11 is 11.7. The summed E-state index contributed by atoms with van der Waals surface area (Å²) in [4.78, 5) is 6.68. The fourth-order valence-corrected chi connectivity index (χ4v) is 3.85. The van der Waals surface area contributed by atoms with E-state index in [4.69, 9.17) is 23.8 Å². The van der Waals surface area contributed by atoms with Crippen LogP contribution in [0.25, 0.3) is 0 Å². The Morgan fingerprint density at radius 1 is 1.07 bits per heavy atom. The summed E-state index contributed by atoms with van der Waals surface area (Å²) in [6.45, 7) is 1.53. The Balaban J connectivity index is 1.60. The molecule has 0 unspecified atom stereocenters. The number of thiocarbonyl (C=S) groups is 1. The van der Waals surface area contributed by atoms with E-state index in [-0.39, 0.29) is 0 Å². The Kier molecular flexibility index (Phi) is 8.37. The average Bonchev–Trinajstić information content (AvgIpc) is 3.12. The van der Waals surface area contributed by atoms with E-state index in [1.165, 1.54) is 44.2 Å². The quantitative estimate of drug-likeness (QED) is 0.467. The summed E-state index contributed by atoms with van der Waals surface area (Å²) in [6, 6.07) is 7.60. The smallest absolute Gasteiger partial charge is 0.204 e. The molecule has 0 atom stereocenters. The predicted octanol–water partition coefficient (Wildman–Crippen LogP) is 5.87. The number of aliphatic imine (C=N–C) groups is 1. The van der Waals surface area contributed by atoms with Gasteiger partial charge < -0.3 is 10.6 Å². The van der Waals surface area contributed by atoms with E-state index in [0.717, 1.165) is 37.6 Å². The second kappa shape index (κ2) is 11.2. The number of rotatable bonds is 2. The van der Waals surface area contributed by atoms with E-state index in [9.17, 15) is 0 Å². The summed E-state index contributed by atoms with van der Waals surface area (Å²) < 4.78 is 0. The third-order valence-electron chi connectivity index (χ3n) is 4.88. The van der Waals surface area contributed by atoms with Gasteiger partial charge in [0, 0.05) is 23.0 Å². The largest absolute Gasteiger partial charge is 0.332 e. The molecular formula is C22H29ClN4S. The van der Waals surface area contributed by atoms with Crippen molar-refractivity contribution in [1.82, 2.24) is 10.2 Å². The molecule has 6 heteroatoms. The number of allylic oxidation sites excluding steroid dienone is 4. The van der Waals surface area contributed by atoms with Gasteiger partial charge in [-0.3, -0.25) is 9.89 Å². The lowest BCUT2D eigenvalue weighted by atomic mass is 10.1. The van der Waals surface area contributed by atoms with Crippen molar-refractivity contribution in [2.24, 2.45) is 4.99 Å². The normalized spacial score (nSPS) is 18.5. The van der Waals surface area contributed by atoms with Gasteiger partial charge in [-0.05, 0) is 81.8 Å². The van der Waals surface area contributed by atoms with Gasteiger partial charge in [-0.15, -0.1) is 0 Å². The van der Waals surface area contributed by atoms with Crippen LogP contribution in [-0.4, -0.2) is 29.1 Å².